The number of nitro groups is 1. The maximum absolute atomic E-state index is 12.4. The Hall–Kier alpha value is -3.24. The number of nitro benzene ring substituents is 1. The Kier molecular flexibility index (Phi) is 6.25. The van der Waals surface area contributed by atoms with Crippen LogP contribution in [-0.4, -0.2) is 38.6 Å². The van der Waals surface area contributed by atoms with E-state index in [2.05, 4.69) is 9.71 Å². The van der Waals surface area contributed by atoms with E-state index in [4.69, 9.17) is 9.47 Å². The van der Waals surface area contributed by atoms with Crippen molar-refractivity contribution < 1.29 is 22.8 Å². The minimum Gasteiger partial charge on any atom is -0.491 e. The predicted octanol–water partition coefficient (Wildman–Crippen LogP) is 2.90. The van der Waals surface area contributed by atoms with Gasteiger partial charge in [0.25, 0.3) is 0 Å². The summed E-state index contributed by atoms with van der Waals surface area (Å²) >= 11 is 0. The van der Waals surface area contributed by atoms with Gasteiger partial charge in [-0.3, -0.25) is 15.1 Å². The van der Waals surface area contributed by atoms with Crippen LogP contribution in [0.2, 0.25) is 0 Å². The van der Waals surface area contributed by atoms with Crippen LogP contribution < -0.4 is 14.2 Å². The van der Waals surface area contributed by atoms with Crippen molar-refractivity contribution in [3.05, 3.63) is 64.8 Å². The number of sulfonamides is 1. The number of pyridine rings is 1. The van der Waals surface area contributed by atoms with Crippen LogP contribution in [0.1, 0.15) is 6.42 Å². The third-order valence-electron chi connectivity index (χ3n) is 4.12. The molecular formula is C19H19N3O6S. The molecule has 3 rings (SSSR count). The zero-order valence-electron chi connectivity index (χ0n) is 15.6. The van der Waals surface area contributed by atoms with Gasteiger partial charge < -0.3 is 9.47 Å². The first-order valence-electron chi connectivity index (χ1n) is 8.71. The summed E-state index contributed by atoms with van der Waals surface area (Å²) in [7, 11) is -2.62. The van der Waals surface area contributed by atoms with Crippen molar-refractivity contribution >= 4 is 26.6 Å². The van der Waals surface area contributed by atoms with Crippen LogP contribution >= 0.6 is 0 Å². The molecule has 0 saturated heterocycles. The minimum absolute atomic E-state index is 0.00829. The van der Waals surface area contributed by atoms with Crippen molar-refractivity contribution in [3.63, 3.8) is 0 Å². The number of hydrogen-bond donors (Lipinski definition) is 1. The lowest BCUT2D eigenvalue weighted by Gasteiger charge is -2.10. The second-order valence-electron chi connectivity index (χ2n) is 6.02. The molecule has 3 aromatic rings. The van der Waals surface area contributed by atoms with Gasteiger partial charge in [0.1, 0.15) is 11.3 Å². The van der Waals surface area contributed by atoms with Crippen molar-refractivity contribution in [2.45, 2.75) is 11.3 Å². The Morgan fingerprint density at radius 3 is 2.69 bits per heavy atom. The molecule has 1 N–H and O–H groups in total. The molecular weight excluding hydrogens is 398 g/mol. The lowest BCUT2D eigenvalue weighted by molar-refractivity contribution is -0.386. The fourth-order valence-corrected chi connectivity index (χ4v) is 3.81. The number of aromatic nitrogens is 1. The summed E-state index contributed by atoms with van der Waals surface area (Å²) in [4.78, 5) is 14.5. The highest BCUT2D eigenvalue weighted by Crippen LogP contribution is 2.29. The number of methoxy groups -OCH3 is 1. The standard InChI is InChI=1S/C19H19N3O6S/c1-27-17-9-8-15(13-16(17)22(23)24)29(25,26)21-11-4-12-28-18-7-2-5-14-6-3-10-20-19(14)18/h2-3,5-10,13,21H,4,11-12H2,1H3. The van der Waals surface area contributed by atoms with Gasteiger partial charge in [0.05, 0.1) is 23.5 Å². The van der Waals surface area contributed by atoms with E-state index in [0.29, 0.717) is 12.2 Å². The topological polar surface area (TPSA) is 121 Å². The van der Waals surface area contributed by atoms with Gasteiger partial charge in [-0.25, -0.2) is 13.1 Å². The summed E-state index contributed by atoms with van der Waals surface area (Å²) in [6.07, 6.45) is 2.08. The third-order valence-corrected chi connectivity index (χ3v) is 5.58. The second kappa shape index (κ2) is 8.84. The monoisotopic (exact) mass is 417 g/mol. The van der Waals surface area contributed by atoms with Crippen LogP contribution in [0.4, 0.5) is 5.69 Å². The minimum atomic E-state index is -3.90. The Morgan fingerprint density at radius 1 is 1.14 bits per heavy atom. The van der Waals surface area contributed by atoms with Gasteiger partial charge in [0.2, 0.25) is 10.0 Å². The summed E-state index contributed by atoms with van der Waals surface area (Å²) in [5, 5.41) is 12.0. The molecule has 0 spiro atoms. The summed E-state index contributed by atoms with van der Waals surface area (Å²) in [6.45, 7) is 0.390. The normalized spacial score (nSPS) is 11.3. The van der Waals surface area contributed by atoms with E-state index in [1.807, 2.05) is 24.3 Å². The summed E-state index contributed by atoms with van der Waals surface area (Å²) in [6, 6.07) is 12.8. The molecule has 0 aliphatic rings. The fourth-order valence-electron chi connectivity index (χ4n) is 2.72. The number of ether oxygens (including phenoxy) is 2. The third kappa shape index (κ3) is 4.79. The van der Waals surface area contributed by atoms with Crippen molar-refractivity contribution in [3.8, 4) is 11.5 Å². The zero-order valence-corrected chi connectivity index (χ0v) is 16.4. The highest BCUT2D eigenvalue weighted by Gasteiger charge is 2.21. The van der Waals surface area contributed by atoms with E-state index >= 15 is 0 Å². The maximum atomic E-state index is 12.4. The fraction of sp³-hybridized carbons (Fsp3) is 0.211. The molecule has 0 unspecified atom stereocenters. The number of hydrogen-bond acceptors (Lipinski definition) is 7. The predicted molar refractivity (Wildman–Crippen MR) is 107 cm³/mol. The first-order chi connectivity index (χ1) is 13.9. The molecule has 0 aliphatic carbocycles. The van der Waals surface area contributed by atoms with E-state index in [-0.39, 0.29) is 23.8 Å². The average Bonchev–Trinajstić information content (AvgIpc) is 2.73. The van der Waals surface area contributed by atoms with Crippen LogP contribution in [0, 0.1) is 10.1 Å². The molecule has 0 atom stereocenters. The number of rotatable bonds is 9. The quantitative estimate of drug-likeness (QED) is 0.323. The summed E-state index contributed by atoms with van der Waals surface area (Å²) in [5.41, 5.74) is 0.322. The first-order valence-corrected chi connectivity index (χ1v) is 10.2. The Labute approximate surface area is 167 Å². The molecule has 0 bridgehead atoms. The average molecular weight is 417 g/mol. The van der Waals surface area contributed by atoms with Crippen molar-refractivity contribution in [1.82, 2.24) is 9.71 Å². The van der Waals surface area contributed by atoms with E-state index in [1.54, 1.807) is 12.3 Å². The second-order valence-corrected chi connectivity index (χ2v) is 7.79. The molecule has 1 heterocycles. The first kappa shape index (κ1) is 20.5. The molecule has 0 radical (unpaired) electrons. The van der Waals surface area contributed by atoms with Crippen molar-refractivity contribution in [2.75, 3.05) is 20.3 Å². The van der Waals surface area contributed by atoms with Gasteiger partial charge in [-0.1, -0.05) is 18.2 Å². The lowest BCUT2D eigenvalue weighted by Crippen LogP contribution is -2.26. The van der Waals surface area contributed by atoms with Crippen LogP contribution in [0.25, 0.3) is 10.9 Å². The zero-order chi connectivity index (χ0) is 20.9. The van der Waals surface area contributed by atoms with Gasteiger partial charge in [0, 0.05) is 24.2 Å². The molecule has 0 fully saturated rings. The van der Waals surface area contributed by atoms with Gasteiger partial charge in [-0.05, 0) is 30.7 Å². The van der Waals surface area contributed by atoms with Crippen LogP contribution in [0.15, 0.2) is 59.6 Å². The molecule has 152 valence electrons. The number of fused-ring (bicyclic) bond motifs is 1. The Bertz CT molecular complexity index is 1130. The smallest absolute Gasteiger partial charge is 0.312 e. The molecule has 29 heavy (non-hydrogen) atoms. The largest absolute Gasteiger partial charge is 0.491 e. The van der Waals surface area contributed by atoms with Crippen LogP contribution in [-0.2, 0) is 10.0 Å². The number of nitrogens with one attached hydrogen (secondary N) is 1. The number of para-hydroxylation sites is 1. The maximum Gasteiger partial charge on any atom is 0.312 e. The molecule has 9 nitrogen and oxygen atoms in total. The lowest BCUT2D eigenvalue weighted by atomic mass is 10.2. The van der Waals surface area contributed by atoms with E-state index in [1.165, 1.54) is 19.2 Å². The van der Waals surface area contributed by atoms with Gasteiger partial charge >= 0.3 is 5.69 Å². The van der Waals surface area contributed by atoms with Gasteiger partial charge in [-0.2, -0.15) is 0 Å². The van der Waals surface area contributed by atoms with Crippen molar-refractivity contribution in [2.24, 2.45) is 0 Å². The Balaban J connectivity index is 1.58. The summed E-state index contributed by atoms with van der Waals surface area (Å²) in [5.74, 6) is 0.614. The molecule has 1 aromatic heterocycles. The van der Waals surface area contributed by atoms with Gasteiger partial charge in [0.15, 0.2) is 5.75 Å². The van der Waals surface area contributed by atoms with Gasteiger partial charge in [-0.15, -0.1) is 0 Å². The molecule has 10 heteroatoms. The SMILES string of the molecule is COc1ccc(S(=O)(=O)NCCCOc2cccc3cccnc23)cc1[N+](=O)[O-]. The van der Waals surface area contributed by atoms with Crippen LogP contribution in [0.5, 0.6) is 11.5 Å². The number of benzene rings is 2. The molecule has 2 aromatic carbocycles. The van der Waals surface area contributed by atoms with E-state index in [9.17, 15) is 18.5 Å². The van der Waals surface area contributed by atoms with E-state index < -0.39 is 20.6 Å². The highest BCUT2D eigenvalue weighted by molar-refractivity contribution is 7.89. The number of nitrogens with zero attached hydrogens (tertiary/aromatic N) is 2. The molecule has 0 amide bonds. The molecule has 0 saturated carbocycles. The van der Waals surface area contributed by atoms with Crippen molar-refractivity contribution in [1.29, 1.82) is 0 Å². The molecule has 0 aliphatic heterocycles. The van der Waals surface area contributed by atoms with E-state index in [0.717, 1.165) is 17.0 Å². The summed E-state index contributed by atoms with van der Waals surface area (Å²) < 4.78 is 37.8. The Morgan fingerprint density at radius 2 is 1.93 bits per heavy atom. The highest BCUT2D eigenvalue weighted by atomic mass is 32.2. The van der Waals surface area contributed by atoms with Crippen LogP contribution in [0.3, 0.4) is 0 Å².